The number of hydrogen-bond donors (Lipinski definition) is 0. The molecule has 1 aliphatic heterocycles. The van der Waals surface area contributed by atoms with E-state index in [1.165, 1.54) is 0 Å². The lowest BCUT2D eigenvalue weighted by atomic mass is 10.0. The van der Waals surface area contributed by atoms with Gasteiger partial charge in [0.2, 0.25) is 0 Å². The van der Waals surface area contributed by atoms with E-state index in [1.807, 2.05) is 24.2 Å². The molecule has 1 fully saturated rings. The van der Waals surface area contributed by atoms with Crippen LogP contribution in [0.5, 0.6) is 0 Å². The molecule has 2 rings (SSSR count). The monoisotopic (exact) mass is 309 g/mol. The number of carbonyl (C=O) groups excluding carboxylic acids is 1. The molecule has 0 spiro atoms. The lowest BCUT2D eigenvalue weighted by Crippen LogP contribution is -2.45. The summed E-state index contributed by atoms with van der Waals surface area (Å²) in [5.74, 6) is 1.16. The Morgan fingerprint density at radius 2 is 2.32 bits per heavy atom. The highest BCUT2D eigenvalue weighted by Gasteiger charge is 2.28. The lowest BCUT2D eigenvalue weighted by molar-refractivity contribution is -0.145. The number of hydrogen-bond acceptors (Lipinski definition) is 4. The summed E-state index contributed by atoms with van der Waals surface area (Å²) >= 11 is 0. The van der Waals surface area contributed by atoms with E-state index in [2.05, 4.69) is 16.5 Å². The molecule has 6 heteroatoms. The van der Waals surface area contributed by atoms with Crippen LogP contribution in [0.3, 0.4) is 0 Å². The molecule has 2 unspecified atom stereocenters. The van der Waals surface area contributed by atoms with Crippen LogP contribution in [0.1, 0.15) is 38.6 Å². The second-order valence-electron chi connectivity index (χ2n) is 5.69. The van der Waals surface area contributed by atoms with Crippen molar-refractivity contribution in [3.8, 4) is 0 Å². The summed E-state index contributed by atoms with van der Waals surface area (Å²) in [5.41, 5.74) is 0. The largest absolute Gasteiger partial charge is 0.382 e. The molecule has 124 valence electrons. The molecule has 1 aromatic rings. The normalized spacial score (nSPS) is 20.1. The molecule has 0 aliphatic carbocycles. The quantitative estimate of drug-likeness (QED) is 0.719. The summed E-state index contributed by atoms with van der Waals surface area (Å²) in [6.45, 7) is 6.42. The lowest BCUT2D eigenvalue weighted by Gasteiger charge is -2.35. The van der Waals surface area contributed by atoms with Gasteiger partial charge in [-0.25, -0.2) is 4.98 Å². The SMILES string of the molecule is CCc1nccn1C1CCCN(C(=O)C(C)OCCOC)C1. The number of amides is 1. The van der Waals surface area contributed by atoms with Crippen molar-refractivity contribution >= 4 is 5.91 Å². The Labute approximate surface area is 132 Å². The van der Waals surface area contributed by atoms with Gasteiger partial charge in [-0.2, -0.15) is 0 Å². The molecule has 1 aromatic heterocycles. The van der Waals surface area contributed by atoms with Crippen LogP contribution >= 0.6 is 0 Å². The van der Waals surface area contributed by atoms with Crippen LogP contribution in [0.25, 0.3) is 0 Å². The fraction of sp³-hybridized carbons (Fsp3) is 0.750. The Hall–Kier alpha value is -1.40. The number of likely N-dealkylation sites (tertiary alicyclic amines) is 1. The number of aryl methyl sites for hydroxylation is 1. The Balaban J connectivity index is 1.94. The maximum absolute atomic E-state index is 12.5. The van der Waals surface area contributed by atoms with Gasteiger partial charge in [-0.3, -0.25) is 4.79 Å². The molecule has 0 N–H and O–H groups in total. The Morgan fingerprint density at radius 3 is 3.05 bits per heavy atom. The van der Waals surface area contributed by atoms with Gasteiger partial charge in [-0.15, -0.1) is 0 Å². The van der Waals surface area contributed by atoms with E-state index in [0.717, 1.165) is 38.2 Å². The van der Waals surface area contributed by atoms with Gasteiger partial charge in [0.1, 0.15) is 11.9 Å². The summed E-state index contributed by atoms with van der Waals surface area (Å²) in [4.78, 5) is 18.8. The minimum absolute atomic E-state index is 0.0685. The third-order valence-corrected chi connectivity index (χ3v) is 4.17. The smallest absolute Gasteiger partial charge is 0.251 e. The number of nitrogens with zero attached hydrogens (tertiary/aromatic N) is 3. The molecule has 22 heavy (non-hydrogen) atoms. The second-order valence-corrected chi connectivity index (χ2v) is 5.69. The van der Waals surface area contributed by atoms with Gasteiger partial charge >= 0.3 is 0 Å². The Morgan fingerprint density at radius 1 is 1.50 bits per heavy atom. The number of carbonyl (C=O) groups is 1. The van der Waals surface area contributed by atoms with Crippen molar-refractivity contribution in [2.24, 2.45) is 0 Å². The Bertz CT molecular complexity index is 475. The first-order valence-corrected chi connectivity index (χ1v) is 8.08. The van der Waals surface area contributed by atoms with Crippen molar-refractivity contribution in [2.75, 3.05) is 33.4 Å². The predicted octanol–water partition coefficient (Wildman–Crippen LogP) is 1.66. The minimum Gasteiger partial charge on any atom is -0.382 e. The highest BCUT2D eigenvalue weighted by molar-refractivity contribution is 5.80. The van der Waals surface area contributed by atoms with Crippen molar-refractivity contribution in [1.29, 1.82) is 0 Å². The molecule has 1 amide bonds. The van der Waals surface area contributed by atoms with Gasteiger partial charge in [0.05, 0.1) is 19.3 Å². The summed E-state index contributed by atoms with van der Waals surface area (Å²) in [6, 6.07) is 0.321. The molecule has 1 aliphatic rings. The zero-order valence-corrected chi connectivity index (χ0v) is 13.8. The van der Waals surface area contributed by atoms with Crippen LogP contribution in [-0.4, -0.2) is 59.9 Å². The first-order valence-electron chi connectivity index (χ1n) is 8.08. The van der Waals surface area contributed by atoms with Gasteiger partial charge < -0.3 is 18.9 Å². The van der Waals surface area contributed by atoms with E-state index < -0.39 is 6.10 Å². The number of piperidine rings is 1. The average Bonchev–Trinajstić information content (AvgIpc) is 3.03. The van der Waals surface area contributed by atoms with Crippen LogP contribution in [-0.2, 0) is 20.7 Å². The molecular weight excluding hydrogens is 282 g/mol. The Kier molecular flexibility index (Phi) is 6.39. The summed E-state index contributed by atoms with van der Waals surface area (Å²) in [7, 11) is 1.63. The fourth-order valence-electron chi connectivity index (χ4n) is 2.97. The molecule has 0 radical (unpaired) electrons. The van der Waals surface area contributed by atoms with Crippen molar-refractivity contribution in [2.45, 2.75) is 45.3 Å². The first-order chi connectivity index (χ1) is 10.7. The molecule has 6 nitrogen and oxygen atoms in total. The zero-order valence-electron chi connectivity index (χ0n) is 13.8. The topological polar surface area (TPSA) is 56.6 Å². The number of ether oxygens (including phenoxy) is 2. The molecular formula is C16H27N3O3. The predicted molar refractivity (Wildman–Crippen MR) is 83.7 cm³/mol. The molecule has 1 saturated heterocycles. The number of imidazole rings is 1. The van der Waals surface area contributed by atoms with E-state index in [4.69, 9.17) is 9.47 Å². The summed E-state index contributed by atoms with van der Waals surface area (Å²) < 4.78 is 12.7. The van der Waals surface area contributed by atoms with Crippen molar-refractivity contribution in [3.63, 3.8) is 0 Å². The minimum atomic E-state index is -0.415. The van der Waals surface area contributed by atoms with Gasteiger partial charge in [0.15, 0.2) is 0 Å². The first kappa shape index (κ1) is 17.0. The van der Waals surface area contributed by atoms with Crippen LogP contribution in [0.15, 0.2) is 12.4 Å². The fourth-order valence-corrected chi connectivity index (χ4v) is 2.97. The number of methoxy groups -OCH3 is 1. The van der Waals surface area contributed by atoms with Crippen molar-refractivity contribution < 1.29 is 14.3 Å². The van der Waals surface area contributed by atoms with E-state index in [0.29, 0.717) is 19.3 Å². The van der Waals surface area contributed by atoms with E-state index in [1.54, 1.807) is 7.11 Å². The third-order valence-electron chi connectivity index (χ3n) is 4.17. The van der Waals surface area contributed by atoms with Crippen LogP contribution in [0.4, 0.5) is 0 Å². The molecule has 2 atom stereocenters. The molecule has 2 heterocycles. The maximum atomic E-state index is 12.5. The van der Waals surface area contributed by atoms with E-state index >= 15 is 0 Å². The van der Waals surface area contributed by atoms with Crippen molar-refractivity contribution in [1.82, 2.24) is 14.5 Å². The third kappa shape index (κ3) is 4.08. The van der Waals surface area contributed by atoms with Crippen LogP contribution in [0.2, 0.25) is 0 Å². The highest BCUT2D eigenvalue weighted by Crippen LogP contribution is 2.23. The van der Waals surface area contributed by atoms with E-state index in [9.17, 15) is 4.79 Å². The summed E-state index contributed by atoms with van der Waals surface area (Å²) in [5, 5.41) is 0. The van der Waals surface area contributed by atoms with Gasteiger partial charge in [0.25, 0.3) is 5.91 Å². The zero-order chi connectivity index (χ0) is 15.9. The van der Waals surface area contributed by atoms with Crippen LogP contribution in [0, 0.1) is 0 Å². The maximum Gasteiger partial charge on any atom is 0.251 e. The average molecular weight is 309 g/mol. The molecule has 0 bridgehead atoms. The van der Waals surface area contributed by atoms with Gasteiger partial charge in [0, 0.05) is 39.0 Å². The van der Waals surface area contributed by atoms with Crippen LogP contribution < -0.4 is 0 Å². The van der Waals surface area contributed by atoms with E-state index in [-0.39, 0.29) is 5.91 Å². The highest BCUT2D eigenvalue weighted by atomic mass is 16.5. The number of rotatable bonds is 7. The second kappa shape index (κ2) is 8.29. The van der Waals surface area contributed by atoms with Gasteiger partial charge in [-0.1, -0.05) is 6.92 Å². The number of aromatic nitrogens is 2. The van der Waals surface area contributed by atoms with Gasteiger partial charge in [-0.05, 0) is 19.8 Å². The molecule has 0 saturated carbocycles. The van der Waals surface area contributed by atoms with Crippen molar-refractivity contribution in [3.05, 3.63) is 18.2 Å². The standard InChI is InChI=1S/C16H27N3O3/c1-4-15-17-7-9-19(15)14-6-5-8-18(12-14)16(20)13(2)22-11-10-21-3/h7,9,13-14H,4-6,8,10-12H2,1-3H3. The molecule has 0 aromatic carbocycles. The summed E-state index contributed by atoms with van der Waals surface area (Å²) in [6.07, 6.45) is 6.47.